The molecular formula is C16H13ClFN3O2S. The number of nitrogens with one attached hydrogen (secondary N) is 1. The van der Waals surface area contributed by atoms with Gasteiger partial charge in [-0.05, 0) is 31.2 Å². The van der Waals surface area contributed by atoms with Gasteiger partial charge in [-0.2, -0.15) is 0 Å². The van der Waals surface area contributed by atoms with Crippen LogP contribution in [0.3, 0.4) is 0 Å². The lowest BCUT2D eigenvalue weighted by Crippen LogP contribution is -2.12. The van der Waals surface area contributed by atoms with E-state index in [0.717, 1.165) is 15.8 Å². The highest BCUT2D eigenvalue weighted by Crippen LogP contribution is 2.34. The van der Waals surface area contributed by atoms with Crippen LogP contribution in [-0.2, 0) is 6.42 Å². The Balaban J connectivity index is 1.84. The van der Waals surface area contributed by atoms with E-state index < -0.39 is 11.7 Å². The van der Waals surface area contributed by atoms with E-state index in [1.165, 1.54) is 23.5 Å². The molecule has 0 radical (unpaired) electrons. The van der Waals surface area contributed by atoms with Gasteiger partial charge in [0.1, 0.15) is 5.82 Å². The first kappa shape index (κ1) is 16.6. The number of rotatable bonds is 4. The lowest BCUT2D eigenvalue weighted by Gasteiger charge is -2.06. The number of hydrogen-bond donors (Lipinski definition) is 1. The summed E-state index contributed by atoms with van der Waals surface area (Å²) < 4.78 is 18.6. The Bertz CT molecular complexity index is 907. The molecular weight excluding hydrogens is 353 g/mol. The minimum Gasteiger partial charge on any atom is -0.420 e. The maximum atomic E-state index is 13.1. The largest absolute Gasteiger partial charge is 0.420 e. The summed E-state index contributed by atoms with van der Waals surface area (Å²) >= 11 is 7.35. The monoisotopic (exact) mass is 365 g/mol. The number of aromatic nitrogens is 2. The van der Waals surface area contributed by atoms with Crippen LogP contribution in [-0.4, -0.2) is 16.1 Å². The summed E-state index contributed by atoms with van der Waals surface area (Å²) in [4.78, 5) is 14.0. The highest BCUT2D eigenvalue weighted by Gasteiger charge is 2.17. The topological polar surface area (TPSA) is 68.0 Å². The molecule has 1 N–H and O–H groups in total. The first-order valence-electron chi connectivity index (χ1n) is 7.17. The lowest BCUT2D eigenvalue weighted by atomic mass is 10.2. The Morgan fingerprint density at radius 2 is 2.17 bits per heavy atom. The molecule has 2 aromatic heterocycles. The summed E-state index contributed by atoms with van der Waals surface area (Å²) in [5.74, 6) is 0.0703. The molecule has 0 aliphatic carbocycles. The maximum absolute atomic E-state index is 13.1. The SMILES string of the molecule is CCc1nnc(-c2cc(NC(=O)c3ccc(F)cc3Cl)c(C)s2)o1. The molecule has 124 valence electrons. The van der Waals surface area contributed by atoms with Crippen molar-refractivity contribution in [2.24, 2.45) is 0 Å². The number of hydrogen-bond acceptors (Lipinski definition) is 5. The van der Waals surface area contributed by atoms with Crippen LogP contribution in [0.2, 0.25) is 5.02 Å². The zero-order valence-electron chi connectivity index (χ0n) is 12.9. The van der Waals surface area contributed by atoms with Gasteiger partial charge in [0.15, 0.2) is 0 Å². The van der Waals surface area contributed by atoms with Gasteiger partial charge >= 0.3 is 0 Å². The first-order chi connectivity index (χ1) is 11.5. The summed E-state index contributed by atoms with van der Waals surface area (Å²) in [7, 11) is 0. The molecule has 0 fully saturated rings. The average Bonchev–Trinajstić information content (AvgIpc) is 3.14. The summed E-state index contributed by atoms with van der Waals surface area (Å²) in [6, 6.07) is 5.41. The van der Waals surface area contributed by atoms with Gasteiger partial charge in [0.25, 0.3) is 11.8 Å². The van der Waals surface area contributed by atoms with Gasteiger partial charge in [-0.3, -0.25) is 4.79 Å². The standard InChI is InChI=1S/C16H13ClFN3O2S/c1-3-14-20-21-16(23-14)13-7-12(8(2)24-13)19-15(22)10-5-4-9(18)6-11(10)17/h4-7H,3H2,1-2H3,(H,19,22). The van der Waals surface area contributed by atoms with E-state index in [2.05, 4.69) is 15.5 Å². The van der Waals surface area contributed by atoms with Gasteiger partial charge in [-0.15, -0.1) is 21.5 Å². The lowest BCUT2D eigenvalue weighted by molar-refractivity contribution is 0.102. The molecule has 3 rings (SSSR count). The number of carbonyl (C=O) groups excluding carboxylic acids is 1. The zero-order chi connectivity index (χ0) is 17.3. The summed E-state index contributed by atoms with van der Waals surface area (Å²) in [6.07, 6.45) is 0.657. The van der Waals surface area contributed by atoms with Crippen molar-refractivity contribution in [2.75, 3.05) is 5.32 Å². The second-order valence-corrected chi connectivity index (χ2v) is 6.68. The van der Waals surface area contributed by atoms with Crippen LogP contribution >= 0.6 is 22.9 Å². The van der Waals surface area contributed by atoms with E-state index >= 15 is 0 Å². The van der Waals surface area contributed by atoms with Crippen molar-refractivity contribution < 1.29 is 13.6 Å². The Kier molecular flexibility index (Phi) is 4.64. The first-order valence-corrected chi connectivity index (χ1v) is 8.37. The van der Waals surface area contributed by atoms with Gasteiger partial charge in [0.2, 0.25) is 5.89 Å². The van der Waals surface area contributed by atoms with Crippen molar-refractivity contribution in [3.05, 3.63) is 51.4 Å². The Morgan fingerprint density at radius 3 is 2.83 bits per heavy atom. The quantitative estimate of drug-likeness (QED) is 0.726. The molecule has 0 aliphatic rings. The molecule has 8 heteroatoms. The third-order valence-corrected chi connectivity index (χ3v) is 4.67. The highest BCUT2D eigenvalue weighted by molar-refractivity contribution is 7.15. The summed E-state index contributed by atoms with van der Waals surface area (Å²) in [5, 5.41) is 10.8. The van der Waals surface area contributed by atoms with Crippen LogP contribution in [0.15, 0.2) is 28.7 Å². The second kappa shape index (κ2) is 6.70. The molecule has 0 aliphatic heterocycles. The average molecular weight is 366 g/mol. The van der Waals surface area contributed by atoms with Gasteiger partial charge in [0.05, 0.1) is 21.2 Å². The van der Waals surface area contributed by atoms with E-state index in [-0.39, 0.29) is 10.6 Å². The number of aryl methyl sites for hydroxylation is 2. The number of amides is 1. The molecule has 1 aromatic carbocycles. The van der Waals surface area contributed by atoms with Crippen molar-refractivity contribution >= 4 is 34.5 Å². The van der Waals surface area contributed by atoms with Gasteiger partial charge in [-0.25, -0.2) is 4.39 Å². The van der Waals surface area contributed by atoms with E-state index in [1.807, 2.05) is 13.8 Å². The number of benzene rings is 1. The number of nitrogens with zero attached hydrogens (tertiary/aromatic N) is 2. The van der Waals surface area contributed by atoms with Crippen LogP contribution in [0, 0.1) is 12.7 Å². The molecule has 0 bridgehead atoms. The van der Waals surface area contributed by atoms with E-state index in [0.29, 0.717) is 23.9 Å². The van der Waals surface area contributed by atoms with Crippen LogP contribution in [0.5, 0.6) is 0 Å². The van der Waals surface area contributed by atoms with Crippen LogP contribution < -0.4 is 5.32 Å². The Hall–Kier alpha value is -2.25. The van der Waals surface area contributed by atoms with Crippen LogP contribution in [0.1, 0.15) is 28.0 Å². The fraction of sp³-hybridized carbons (Fsp3) is 0.188. The van der Waals surface area contributed by atoms with Crippen molar-refractivity contribution in [2.45, 2.75) is 20.3 Å². The number of carbonyl (C=O) groups is 1. The number of anilines is 1. The van der Waals surface area contributed by atoms with Gasteiger partial charge < -0.3 is 9.73 Å². The number of thiophene rings is 1. The molecule has 3 aromatic rings. The molecule has 0 spiro atoms. The van der Waals surface area contributed by atoms with Gasteiger partial charge in [0, 0.05) is 11.3 Å². The Morgan fingerprint density at radius 1 is 1.38 bits per heavy atom. The predicted octanol–water partition coefficient (Wildman–Crippen LogP) is 4.71. The molecule has 1 amide bonds. The fourth-order valence-corrected chi connectivity index (χ4v) is 3.22. The maximum Gasteiger partial charge on any atom is 0.257 e. The van der Waals surface area contributed by atoms with E-state index in [4.69, 9.17) is 16.0 Å². The van der Waals surface area contributed by atoms with E-state index in [1.54, 1.807) is 6.07 Å². The third kappa shape index (κ3) is 3.32. The van der Waals surface area contributed by atoms with Crippen LogP contribution in [0.4, 0.5) is 10.1 Å². The van der Waals surface area contributed by atoms with Gasteiger partial charge in [-0.1, -0.05) is 18.5 Å². The molecule has 2 heterocycles. The van der Waals surface area contributed by atoms with E-state index in [9.17, 15) is 9.18 Å². The highest BCUT2D eigenvalue weighted by atomic mass is 35.5. The molecule has 5 nitrogen and oxygen atoms in total. The summed E-state index contributed by atoms with van der Waals surface area (Å²) in [5.41, 5.74) is 0.827. The minimum absolute atomic E-state index is 0.0603. The minimum atomic E-state index is -0.492. The van der Waals surface area contributed by atoms with Crippen molar-refractivity contribution in [3.63, 3.8) is 0 Å². The molecule has 0 saturated carbocycles. The van der Waals surface area contributed by atoms with Crippen molar-refractivity contribution in [3.8, 4) is 10.8 Å². The number of halogens is 2. The molecule has 0 atom stereocenters. The molecule has 0 saturated heterocycles. The second-order valence-electron chi connectivity index (χ2n) is 5.01. The van der Waals surface area contributed by atoms with Crippen molar-refractivity contribution in [1.29, 1.82) is 0 Å². The zero-order valence-corrected chi connectivity index (χ0v) is 14.5. The normalized spacial score (nSPS) is 10.8. The molecule has 24 heavy (non-hydrogen) atoms. The van der Waals surface area contributed by atoms with Crippen LogP contribution in [0.25, 0.3) is 10.8 Å². The van der Waals surface area contributed by atoms with Crippen molar-refractivity contribution in [1.82, 2.24) is 10.2 Å². The Labute approximate surface area is 146 Å². The predicted molar refractivity (Wildman–Crippen MR) is 91.1 cm³/mol. The smallest absolute Gasteiger partial charge is 0.257 e. The fourth-order valence-electron chi connectivity index (χ4n) is 2.07. The third-order valence-electron chi connectivity index (χ3n) is 3.32. The molecule has 0 unspecified atom stereocenters. The summed E-state index contributed by atoms with van der Waals surface area (Å²) in [6.45, 7) is 3.79.